The number of amides is 3. The zero-order chi connectivity index (χ0) is 59.6. The summed E-state index contributed by atoms with van der Waals surface area (Å²) in [6, 6.07) is -0.676. The highest BCUT2D eigenvalue weighted by Gasteiger charge is 2.28. The van der Waals surface area contributed by atoms with Crippen molar-refractivity contribution in [2.45, 2.75) is 291 Å². The summed E-state index contributed by atoms with van der Waals surface area (Å²) in [6.07, 6.45) is 38.5. The summed E-state index contributed by atoms with van der Waals surface area (Å²) in [5, 5.41) is 8.40. The Morgan fingerprint density at radius 1 is 0.600 bits per heavy atom. The van der Waals surface area contributed by atoms with E-state index in [1.54, 1.807) is 0 Å². The van der Waals surface area contributed by atoms with Crippen molar-refractivity contribution >= 4 is 50.1 Å². The van der Waals surface area contributed by atoms with Gasteiger partial charge in [0.25, 0.3) is 0 Å². The van der Waals surface area contributed by atoms with Crippen molar-refractivity contribution in [3.05, 3.63) is 12.2 Å². The van der Waals surface area contributed by atoms with Crippen LogP contribution in [0.15, 0.2) is 12.2 Å². The minimum absolute atomic E-state index is 0.0446. The third-order valence-corrected chi connectivity index (χ3v) is 15.6. The topological polar surface area (TPSA) is 231 Å². The van der Waals surface area contributed by atoms with E-state index in [9.17, 15) is 33.4 Å². The van der Waals surface area contributed by atoms with E-state index in [1.165, 1.54) is 103 Å². The van der Waals surface area contributed by atoms with Crippen LogP contribution in [0.2, 0.25) is 0 Å². The third kappa shape index (κ3) is 51.1. The zero-order valence-electron chi connectivity index (χ0n) is 51.7. The number of unbranched alkanes of at least 4 members (excludes halogenated alkanes) is 22. The van der Waals surface area contributed by atoms with E-state index in [1.807, 2.05) is 27.7 Å². The molecule has 80 heavy (non-hydrogen) atoms. The van der Waals surface area contributed by atoms with Gasteiger partial charge in [-0.25, -0.2) is 4.57 Å². The molecule has 4 atom stereocenters. The Morgan fingerprint density at radius 2 is 1.11 bits per heavy atom. The van der Waals surface area contributed by atoms with Crippen LogP contribution in [0, 0.1) is 11.3 Å². The van der Waals surface area contributed by atoms with Gasteiger partial charge in [-0.2, -0.15) is 12.6 Å². The number of phosphoric acid groups is 1. The molecule has 0 aromatic rings. The van der Waals surface area contributed by atoms with Gasteiger partial charge in [-0.15, -0.1) is 0 Å². The molecule has 0 heterocycles. The van der Waals surface area contributed by atoms with Gasteiger partial charge in [-0.3, -0.25) is 33.0 Å². The number of hydrogen-bond acceptors (Lipinski definition) is 13. The summed E-state index contributed by atoms with van der Waals surface area (Å²) in [5.74, 6) is -0.310. The average molecular weight is 1180 g/mol. The molecule has 0 aliphatic rings. The lowest BCUT2D eigenvalue weighted by Gasteiger charge is -2.29. The summed E-state index contributed by atoms with van der Waals surface area (Å²) < 4.78 is 40.5. The number of esters is 2. The Hall–Kier alpha value is -2.53. The van der Waals surface area contributed by atoms with Gasteiger partial charge in [0.1, 0.15) is 6.61 Å². The largest absolute Gasteiger partial charge is 0.472 e. The van der Waals surface area contributed by atoms with Gasteiger partial charge in [0.15, 0.2) is 6.10 Å². The van der Waals surface area contributed by atoms with Crippen LogP contribution < -0.4 is 21.7 Å². The SMILES string of the molecule is CCCCCCCC/C=C/CCCCCCCC(=O)OCC(COP(=O)(O)OCCNC(=O)CC(C)(C)CCOC(C)(C)CNC(=O)C(N)CCCCNC(=O)CCS)OC(=O)CCCCCCCC(C)CCCCCCCCC. The molecule has 0 aromatic heterocycles. The molecule has 16 nitrogen and oxygen atoms in total. The van der Waals surface area contributed by atoms with E-state index in [4.69, 9.17) is 29.0 Å². The number of phosphoric ester groups is 1. The molecule has 0 aliphatic heterocycles. The number of allylic oxidation sites excluding steroid dienone is 2. The third-order valence-electron chi connectivity index (χ3n) is 14.4. The molecular weight excluding hydrogens is 1060 g/mol. The Bertz CT molecular complexity index is 1660. The number of nitrogens with two attached hydrogens (primary N) is 1. The van der Waals surface area contributed by atoms with Gasteiger partial charge in [-0.05, 0) is 95.1 Å². The molecule has 470 valence electrons. The second-order valence-corrected chi connectivity index (χ2v) is 25.6. The predicted molar refractivity (Wildman–Crippen MR) is 328 cm³/mol. The summed E-state index contributed by atoms with van der Waals surface area (Å²) >= 11 is 4.05. The molecule has 18 heteroatoms. The predicted octanol–water partition coefficient (Wildman–Crippen LogP) is 13.9. The smallest absolute Gasteiger partial charge is 0.462 e. The van der Waals surface area contributed by atoms with Crippen molar-refractivity contribution < 1.29 is 56.7 Å². The van der Waals surface area contributed by atoms with Crippen LogP contribution in [0.5, 0.6) is 0 Å². The number of carbonyl (C=O) groups excluding carboxylic acids is 5. The second-order valence-electron chi connectivity index (χ2n) is 23.7. The lowest BCUT2D eigenvalue weighted by Crippen LogP contribution is -2.47. The molecule has 0 saturated heterocycles. The monoisotopic (exact) mass is 1170 g/mol. The molecule has 0 bridgehead atoms. The van der Waals surface area contributed by atoms with Crippen molar-refractivity contribution in [2.24, 2.45) is 17.1 Å². The first-order valence-electron chi connectivity index (χ1n) is 31.7. The van der Waals surface area contributed by atoms with Gasteiger partial charge >= 0.3 is 19.8 Å². The number of rotatable bonds is 57. The molecular formula is C62H119N4O12PS. The van der Waals surface area contributed by atoms with Crippen LogP contribution in [0.4, 0.5) is 0 Å². The average Bonchev–Trinajstić information content (AvgIpc) is 3.40. The van der Waals surface area contributed by atoms with Gasteiger partial charge in [0.05, 0.1) is 24.9 Å². The molecule has 3 amide bonds. The van der Waals surface area contributed by atoms with E-state index in [0.29, 0.717) is 57.4 Å². The maximum atomic E-state index is 13.0. The van der Waals surface area contributed by atoms with Crippen molar-refractivity contribution in [3.63, 3.8) is 0 Å². The van der Waals surface area contributed by atoms with Crippen LogP contribution in [0.3, 0.4) is 0 Å². The molecule has 0 aromatic carbocycles. The lowest BCUT2D eigenvalue weighted by atomic mass is 9.85. The van der Waals surface area contributed by atoms with E-state index < -0.39 is 49.5 Å². The minimum atomic E-state index is -4.66. The molecule has 0 saturated carbocycles. The number of ether oxygens (including phenoxy) is 3. The first kappa shape index (κ1) is 77.5. The lowest BCUT2D eigenvalue weighted by molar-refractivity contribution is -0.161. The van der Waals surface area contributed by atoms with Gasteiger partial charge < -0.3 is 40.8 Å². The summed E-state index contributed by atoms with van der Waals surface area (Å²) in [6.45, 7) is 14.3. The number of carbonyl (C=O) groups is 5. The number of hydrogen-bond donors (Lipinski definition) is 6. The van der Waals surface area contributed by atoms with Crippen LogP contribution in [-0.4, -0.2) is 104 Å². The molecule has 0 spiro atoms. The first-order valence-corrected chi connectivity index (χ1v) is 33.8. The number of nitrogens with one attached hydrogen (secondary N) is 3. The summed E-state index contributed by atoms with van der Waals surface area (Å²) in [7, 11) is -4.66. The van der Waals surface area contributed by atoms with E-state index >= 15 is 0 Å². The quantitative estimate of drug-likeness (QED) is 0.0110. The van der Waals surface area contributed by atoms with E-state index in [-0.39, 0.29) is 63.3 Å². The highest BCUT2D eigenvalue weighted by Crippen LogP contribution is 2.43. The van der Waals surface area contributed by atoms with Gasteiger partial charge in [-0.1, -0.05) is 182 Å². The van der Waals surface area contributed by atoms with Gasteiger partial charge in [0.2, 0.25) is 17.7 Å². The van der Waals surface area contributed by atoms with Crippen molar-refractivity contribution in [1.29, 1.82) is 0 Å². The molecule has 0 rings (SSSR count). The molecule has 4 unspecified atom stereocenters. The maximum Gasteiger partial charge on any atom is 0.472 e. The summed E-state index contributed by atoms with van der Waals surface area (Å²) in [4.78, 5) is 73.3. The van der Waals surface area contributed by atoms with Crippen molar-refractivity contribution in [1.82, 2.24) is 16.0 Å². The Kier molecular flexibility index (Phi) is 49.3. The van der Waals surface area contributed by atoms with Crippen LogP contribution in [0.1, 0.15) is 273 Å². The molecule has 0 aliphatic carbocycles. The zero-order valence-corrected chi connectivity index (χ0v) is 53.5. The molecule has 0 fully saturated rings. The fourth-order valence-electron chi connectivity index (χ4n) is 9.12. The Morgan fingerprint density at radius 3 is 1.69 bits per heavy atom. The number of thiol groups is 1. The fraction of sp³-hybridized carbons (Fsp3) is 0.887. The van der Waals surface area contributed by atoms with Crippen molar-refractivity contribution in [2.75, 3.05) is 51.8 Å². The van der Waals surface area contributed by atoms with Crippen LogP contribution in [0.25, 0.3) is 0 Å². The van der Waals surface area contributed by atoms with E-state index in [2.05, 4.69) is 61.5 Å². The van der Waals surface area contributed by atoms with Crippen LogP contribution >= 0.6 is 20.5 Å². The first-order chi connectivity index (χ1) is 38.2. The Balaban J connectivity index is 4.86. The Labute approximate surface area is 492 Å². The van der Waals surface area contributed by atoms with Crippen LogP contribution in [-0.2, 0) is 51.8 Å². The highest BCUT2D eigenvalue weighted by molar-refractivity contribution is 7.80. The highest BCUT2D eigenvalue weighted by atomic mass is 32.1. The molecule has 6 N–H and O–H groups in total. The van der Waals surface area contributed by atoms with E-state index in [0.717, 1.165) is 70.1 Å². The molecule has 0 radical (unpaired) electrons. The normalized spacial score (nSPS) is 13.9. The minimum Gasteiger partial charge on any atom is -0.462 e. The standard InChI is InChI=1S/C62H119N4O12PS/c1-8-10-12-14-16-17-18-19-20-21-22-23-25-29-33-40-58(69)74-50-54(78-59(70)41-34-30-26-28-32-38-53(3)37-31-27-24-15-13-11-9-2)51-77-79(72,73)76-47-45-65-57(68)49-61(4,5)43-46-75-62(6,7)52-66-60(71)55(63)39-35-36-44-64-56(67)42-48-80/h19-20,53-55,80H,8-18,21-52,63H2,1-7H3,(H,64,67)(H,65,68)(H,66,71)(H,72,73)/b20-19+. The second kappa shape index (κ2) is 50.9. The fourth-order valence-corrected chi connectivity index (χ4v) is 10.1. The van der Waals surface area contributed by atoms with Gasteiger partial charge in [0, 0.05) is 51.9 Å². The van der Waals surface area contributed by atoms with Crippen molar-refractivity contribution in [3.8, 4) is 0 Å². The summed E-state index contributed by atoms with van der Waals surface area (Å²) in [5.41, 5.74) is 4.94. The maximum absolute atomic E-state index is 13.0.